The zero-order valence-electron chi connectivity index (χ0n) is 15.3. The maximum absolute atomic E-state index is 12.1. The molecule has 0 saturated heterocycles. The van der Waals surface area contributed by atoms with Crippen LogP contribution in [0, 0.1) is 11.3 Å². The average Bonchev–Trinajstić information content (AvgIpc) is 3.14. The summed E-state index contributed by atoms with van der Waals surface area (Å²) in [5.74, 6) is 0.374. The van der Waals surface area contributed by atoms with Crippen molar-refractivity contribution in [3.05, 3.63) is 67.3 Å². The zero-order chi connectivity index (χ0) is 21.4. The number of rotatable bonds is 4. The minimum atomic E-state index is -0.886. The third kappa shape index (κ3) is 3.30. The first-order valence-corrected chi connectivity index (χ1v) is 9.29. The lowest BCUT2D eigenvalue weighted by molar-refractivity contribution is 0.468. The summed E-state index contributed by atoms with van der Waals surface area (Å²) >= 11 is 12.7. The SMILES string of the molecule is CCn1ccc2c(Oc3c(Cl)cc(-n4nc(C#N)c(=O)[nH]c4=O)cc3Cl)ncnc21. The molecule has 0 spiro atoms. The number of nitriles is 1. The fourth-order valence-electron chi connectivity index (χ4n) is 2.83. The lowest BCUT2D eigenvalue weighted by Crippen LogP contribution is -2.33. The monoisotopic (exact) mass is 443 g/mol. The number of hydrogen-bond acceptors (Lipinski definition) is 7. The van der Waals surface area contributed by atoms with Crippen LogP contribution in [0.3, 0.4) is 0 Å². The summed E-state index contributed by atoms with van der Waals surface area (Å²) in [4.78, 5) is 34.0. The maximum Gasteiger partial charge on any atom is 0.349 e. The molecule has 4 aromatic rings. The van der Waals surface area contributed by atoms with E-state index in [1.807, 2.05) is 28.7 Å². The lowest BCUT2D eigenvalue weighted by Gasteiger charge is -2.12. The molecule has 0 amide bonds. The summed E-state index contributed by atoms with van der Waals surface area (Å²) in [5.41, 5.74) is -1.38. The molecule has 0 saturated carbocycles. The van der Waals surface area contributed by atoms with Gasteiger partial charge >= 0.3 is 5.69 Å². The molecular formula is C18H11Cl2N7O3. The highest BCUT2D eigenvalue weighted by molar-refractivity contribution is 6.37. The highest BCUT2D eigenvalue weighted by Crippen LogP contribution is 2.39. The second-order valence-corrected chi connectivity index (χ2v) is 6.80. The maximum atomic E-state index is 12.1. The molecule has 0 bridgehead atoms. The summed E-state index contributed by atoms with van der Waals surface area (Å²) < 4.78 is 8.59. The summed E-state index contributed by atoms with van der Waals surface area (Å²) in [5, 5.41) is 13.5. The molecule has 12 heteroatoms. The molecule has 3 aromatic heterocycles. The van der Waals surface area contributed by atoms with E-state index in [0.29, 0.717) is 11.0 Å². The molecule has 150 valence electrons. The van der Waals surface area contributed by atoms with Crippen LogP contribution in [0.15, 0.2) is 40.3 Å². The number of ether oxygens (including phenoxy) is 1. The summed E-state index contributed by atoms with van der Waals surface area (Å²) in [6.07, 6.45) is 3.23. The first-order chi connectivity index (χ1) is 14.4. The number of halogens is 2. The summed E-state index contributed by atoms with van der Waals surface area (Å²) in [7, 11) is 0. The van der Waals surface area contributed by atoms with E-state index < -0.39 is 16.9 Å². The van der Waals surface area contributed by atoms with Crippen molar-refractivity contribution >= 4 is 34.2 Å². The Morgan fingerprint density at radius 2 is 1.97 bits per heavy atom. The molecular weight excluding hydrogens is 433 g/mol. The van der Waals surface area contributed by atoms with Gasteiger partial charge in [0.1, 0.15) is 18.0 Å². The van der Waals surface area contributed by atoms with Crippen molar-refractivity contribution < 1.29 is 4.74 Å². The molecule has 4 rings (SSSR count). The van der Waals surface area contributed by atoms with Crippen molar-refractivity contribution in [2.24, 2.45) is 0 Å². The van der Waals surface area contributed by atoms with Crippen LogP contribution in [-0.2, 0) is 6.54 Å². The molecule has 0 unspecified atom stereocenters. The fourth-order valence-corrected chi connectivity index (χ4v) is 3.38. The van der Waals surface area contributed by atoms with Gasteiger partial charge < -0.3 is 9.30 Å². The van der Waals surface area contributed by atoms with Crippen LogP contribution >= 0.6 is 23.2 Å². The van der Waals surface area contributed by atoms with Gasteiger partial charge in [0, 0.05) is 12.7 Å². The molecule has 30 heavy (non-hydrogen) atoms. The number of H-pyrrole nitrogens is 1. The lowest BCUT2D eigenvalue weighted by atomic mass is 10.3. The zero-order valence-corrected chi connectivity index (χ0v) is 16.8. The number of nitrogens with one attached hydrogen (secondary N) is 1. The first-order valence-electron chi connectivity index (χ1n) is 8.53. The second kappa shape index (κ2) is 7.62. The standard InChI is InChI=1S/C18H11Cl2N7O3/c1-2-26-4-3-10-15(26)22-8-23-17(10)30-14-11(19)5-9(6-12(14)20)27-18(29)24-16(28)13(7-21)25-27/h3-6,8H,2H2,1H3,(H,24,28,29). The Hall–Kier alpha value is -3.68. The van der Waals surface area contributed by atoms with Crippen molar-refractivity contribution in [2.75, 3.05) is 0 Å². The Kier molecular flexibility index (Phi) is 4.99. The van der Waals surface area contributed by atoms with E-state index in [1.54, 1.807) is 6.07 Å². The highest BCUT2D eigenvalue weighted by Gasteiger charge is 2.17. The molecule has 0 aliphatic carbocycles. The van der Waals surface area contributed by atoms with Gasteiger partial charge in [0.05, 0.1) is 21.1 Å². The third-order valence-electron chi connectivity index (χ3n) is 4.22. The normalized spacial score (nSPS) is 10.9. The van der Waals surface area contributed by atoms with Gasteiger partial charge in [-0.25, -0.2) is 14.8 Å². The van der Waals surface area contributed by atoms with Gasteiger partial charge in [-0.2, -0.15) is 9.94 Å². The van der Waals surface area contributed by atoms with E-state index in [9.17, 15) is 9.59 Å². The quantitative estimate of drug-likeness (QED) is 0.512. The molecule has 3 heterocycles. The largest absolute Gasteiger partial charge is 0.435 e. The topological polar surface area (TPSA) is 131 Å². The second-order valence-electron chi connectivity index (χ2n) is 5.99. The number of hydrogen-bond donors (Lipinski definition) is 1. The predicted octanol–water partition coefficient (Wildman–Crippen LogP) is 2.66. The molecule has 1 N–H and O–H groups in total. The van der Waals surface area contributed by atoms with Gasteiger partial charge in [0.15, 0.2) is 5.75 Å². The summed E-state index contributed by atoms with van der Waals surface area (Å²) in [6.45, 7) is 2.71. The van der Waals surface area contributed by atoms with E-state index in [0.717, 1.165) is 11.2 Å². The number of aromatic amines is 1. The Morgan fingerprint density at radius 1 is 1.23 bits per heavy atom. The molecule has 10 nitrogen and oxygen atoms in total. The number of benzene rings is 1. The van der Waals surface area contributed by atoms with Crippen molar-refractivity contribution in [1.29, 1.82) is 5.26 Å². The molecule has 0 aliphatic rings. The Bertz CT molecular complexity index is 1430. The Balaban J connectivity index is 1.79. The van der Waals surface area contributed by atoms with E-state index >= 15 is 0 Å². The number of aryl methyl sites for hydroxylation is 1. The third-order valence-corrected chi connectivity index (χ3v) is 4.78. The van der Waals surface area contributed by atoms with Crippen molar-refractivity contribution in [1.82, 2.24) is 29.3 Å². The van der Waals surface area contributed by atoms with Gasteiger partial charge in [-0.3, -0.25) is 9.78 Å². The van der Waals surface area contributed by atoms with Crippen molar-refractivity contribution in [2.45, 2.75) is 13.5 Å². The van der Waals surface area contributed by atoms with E-state index in [-0.39, 0.29) is 27.4 Å². The van der Waals surface area contributed by atoms with Gasteiger partial charge in [-0.05, 0) is 25.1 Å². The van der Waals surface area contributed by atoms with Gasteiger partial charge in [-0.15, -0.1) is 5.10 Å². The Labute approximate surface area is 177 Å². The van der Waals surface area contributed by atoms with Crippen LogP contribution in [0.4, 0.5) is 0 Å². The van der Waals surface area contributed by atoms with E-state index in [1.165, 1.54) is 18.5 Å². The van der Waals surface area contributed by atoms with Crippen LogP contribution in [0.5, 0.6) is 11.6 Å². The first kappa shape index (κ1) is 19.6. The van der Waals surface area contributed by atoms with Gasteiger partial charge in [0.2, 0.25) is 11.6 Å². The smallest absolute Gasteiger partial charge is 0.349 e. The van der Waals surface area contributed by atoms with E-state index in [2.05, 4.69) is 15.1 Å². The molecule has 0 radical (unpaired) electrons. The predicted molar refractivity (Wildman–Crippen MR) is 108 cm³/mol. The fraction of sp³-hybridized carbons (Fsp3) is 0.111. The number of fused-ring (bicyclic) bond motifs is 1. The molecule has 1 aromatic carbocycles. The van der Waals surface area contributed by atoms with Crippen LogP contribution in [0.2, 0.25) is 10.0 Å². The van der Waals surface area contributed by atoms with Crippen LogP contribution in [-0.4, -0.2) is 29.3 Å². The average molecular weight is 444 g/mol. The molecule has 0 fully saturated rings. The van der Waals surface area contributed by atoms with E-state index in [4.69, 9.17) is 33.2 Å². The Morgan fingerprint density at radius 3 is 2.63 bits per heavy atom. The molecule has 0 aliphatic heterocycles. The highest BCUT2D eigenvalue weighted by atomic mass is 35.5. The van der Waals surface area contributed by atoms with Gasteiger partial charge in [0.25, 0.3) is 5.56 Å². The number of nitrogens with zero attached hydrogens (tertiary/aromatic N) is 6. The minimum absolute atomic E-state index is 0.0672. The minimum Gasteiger partial charge on any atom is -0.435 e. The van der Waals surface area contributed by atoms with Crippen molar-refractivity contribution in [3.63, 3.8) is 0 Å². The van der Waals surface area contributed by atoms with Crippen LogP contribution in [0.1, 0.15) is 12.6 Å². The van der Waals surface area contributed by atoms with Crippen molar-refractivity contribution in [3.8, 4) is 23.4 Å². The molecule has 0 atom stereocenters. The number of aromatic nitrogens is 6. The van der Waals surface area contributed by atoms with Gasteiger partial charge in [-0.1, -0.05) is 23.2 Å². The summed E-state index contributed by atoms with van der Waals surface area (Å²) in [6, 6.07) is 6.16. The van der Waals surface area contributed by atoms with Crippen LogP contribution < -0.4 is 16.0 Å². The van der Waals surface area contributed by atoms with Crippen LogP contribution in [0.25, 0.3) is 16.7 Å².